The first-order valence-electron chi connectivity index (χ1n) is 27.8. The van der Waals surface area contributed by atoms with Crippen LogP contribution in [0.5, 0.6) is 0 Å². The summed E-state index contributed by atoms with van der Waals surface area (Å²) < 4.78 is 5.19. The van der Waals surface area contributed by atoms with E-state index in [1.807, 2.05) is 0 Å². The summed E-state index contributed by atoms with van der Waals surface area (Å²) in [6.45, 7) is 13.8. The van der Waals surface area contributed by atoms with Crippen LogP contribution in [0.1, 0.15) is 97.9 Å². The van der Waals surface area contributed by atoms with Crippen molar-refractivity contribution in [1.29, 1.82) is 0 Å². The van der Waals surface area contributed by atoms with E-state index in [4.69, 9.17) is 0 Å². The molecule has 0 spiro atoms. The third-order valence-electron chi connectivity index (χ3n) is 17.4. The monoisotopic (exact) mass is 1000 g/mol. The van der Waals surface area contributed by atoms with Crippen LogP contribution in [-0.4, -0.2) is 8.80 Å². The second-order valence-corrected chi connectivity index (χ2v) is 24.0. The molecule has 11 aromatic carbocycles. The molecule has 2 nitrogen and oxygen atoms in total. The molecule has 0 aliphatic rings. The molecule has 0 aliphatic heterocycles. The predicted molar refractivity (Wildman–Crippen MR) is 332 cm³/mol. The van der Waals surface area contributed by atoms with Gasteiger partial charge in [-0.3, -0.25) is 0 Å². The van der Waals surface area contributed by atoms with Crippen molar-refractivity contribution in [2.24, 2.45) is 0 Å². The number of hydrogen-bond donors (Lipinski definition) is 0. The third-order valence-corrected chi connectivity index (χ3v) is 17.4. The van der Waals surface area contributed by atoms with Crippen LogP contribution in [0.15, 0.2) is 243 Å². The number of fused-ring (bicyclic) bond motifs is 14. The Morgan fingerprint density at radius 2 is 0.538 bits per heavy atom. The SMILES string of the molecule is CC(C)(C)c1ccc(C(c2ccc(-c3ccccc3)cc2)c2ccc3c(c2)c2c4c5ccccc5n5c6ccc(C(c7ccc(-c8ccccc8)cc7)c7ccc(C(C)(C)C)cc7)cc6c(c6c7ccccc7n3c62)c45)cc1. The van der Waals surface area contributed by atoms with E-state index in [2.05, 4.69) is 293 Å². The molecule has 0 saturated heterocycles. The fourth-order valence-electron chi connectivity index (χ4n) is 13.5. The molecular formula is C76H60N2. The average molecular weight is 1000 g/mol. The van der Waals surface area contributed by atoms with E-state index in [1.54, 1.807) is 0 Å². The van der Waals surface area contributed by atoms with E-state index < -0.39 is 0 Å². The highest BCUT2D eigenvalue weighted by molar-refractivity contribution is 6.45. The minimum absolute atomic E-state index is 0.0166. The molecule has 0 radical (unpaired) electrons. The standard InChI is InChI=1S/C76H60N2/c1-75(2,3)57-39-33-53(34-40-57)67(51-29-25-49(26-30-51)47-17-9-7-10-18-47)55-37-43-65-61(45-55)71-69-59-21-13-16-24-64(59)78-66-44-38-56(46-62(66)72(74(69)78)70-60-22-14-15-23-63(60)77(65)73(70)71)68(54-35-41-58(42-36-54)76(4,5)6)52-31-27-50(28-32-52)48-19-11-8-12-20-48/h7-46,67-68H,1-6H3. The number of para-hydroxylation sites is 2. The number of nitrogens with zero attached hydrogens (tertiary/aromatic N) is 2. The van der Waals surface area contributed by atoms with Crippen LogP contribution in [0.4, 0.5) is 0 Å². The highest BCUT2D eigenvalue weighted by atomic mass is 14.9. The summed E-state index contributed by atoms with van der Waals surface area (Å²) in [6.07, 6.45) is 0. The zero-order chi connectivity index (χ0) is 52.6. The van der Waals surface area contributed by atoms with Gasteiger partial charge in [-0.15, -0.1) is 0 Å². The van der Waals surface area contributed by atoms with Crippen molar-refractivity contribution >= 4 is 76.2 Å². The Morgan fingerprint density at radius 1 is 0.256 bits per heavy atom. The lowest BCUT2D eigenvalue weighted by molar-refractivity contribution is 0.589. The van der Waals surface area contributed by atoms with Crippen molar-refractivity contribution in [3.63, 3.8) is 0 Å². The first kappa shape index (κ1) is 46.3. The molecule has 374 valence electrons. The van der Waals surface area contributed by atoms with Gasteiger partial charge in [0.1, 0.15) is 0 Å². The van der Waals surface area contributed by atoms with Gasteiger partial charge in [0.15, 0.2) is 0 Å². The first-order valence-corrected chi connectivity index (χ1v) is 27.8. The van der Waals surface area contributed by atoms with Crippen LogP contribution >= 0.6 is 0 Å². The maximum absolute atomic E-state index is 2.60. The Hall–Kier alpha value is -8.98. The van der Waals surface area contributed by atoms with Gasteiger partial charge in [-0.1, -0.05) is 248 Å². The summed E-state index contributed by atoms with van der Waals surface area (Å²) >= 11 is 0. The van der Waals surface area contributed by atoms with Crippen LogP contribution in [0.2, 0.25) is 0 Å². The minimum Gasteiger partial charge on any atom is -0.308 e. The second-order valence-electron chi connectivity index (χ2n) is 24.0. The van der Waals surface area contributed by atoms with Crippen LogP contribution in [0, 0.1) is 0 Å². The van der Waals surface area contributed by atoms with Crippen LogP contribution in [0.3, 0.4) is 0 Å². The zero-order valence-electron chi connectivity index (χ0n) is 45.1. The zero-order valence-corrected chi connectivity index (χ0v) is 45.1. The molecule has 78 heavy (non-hydrogen) atoms. The lowest BCUT2D eigenvalue weighted by atomic mass is 9.81. The summed E-state index contributed by atoms with van der Waals surface area (Å²) in [6, 6.07) is 92.0. The van der Waals surface area contributed by atoms with E-state index >= 15 is 0 Å². The highest BCUT2D eigenvalue weighted by Gasteiger charge is 2.31. The number of hydrogen-bond acceptors (Lipinski definition) is 0. The smallest absolute Gasteiger partial charge is 0.0634 e. The molecule has 4 heterocycles. The van der Waals surface area contributed by atoms with E-state index in [0.29, 0.717) is 0 Å². The van der Waals surface area contributed by atoms with Gasteiger partial charge in [0.05, 0.1) is 33.1 Å². The van der Waals surface area contributed by atoms with Crippen molar-refractivity contribution in [2.75, 3.05) is 0 Å². The van der Waals surface area contributed by atoms with Crippen molar-refractivity contribution in [3.8, 4) is 22.3 Å². The maximum Gasteiger partial charge on any atom is 0.0634 e. The molecule has 0 fully saturated rings. The molecular weight excluding hydrogens is 941 g/mol. The Morgan fingerprint density at radius 3 is 0.897 bits per heavy atom. The van der Waals surface area contributed by atoms with E-state index in [1.165, 1.54) is 143 Å². The fraction of sp³-hybridized carbons (Fsp3) is 0.132. The number of rotatable bonds is 8. The molecule has 15 rings (SSSR count). The molecule has 4 aromatic heterocycles. The summed E-state index contributed by atoms with van der Waals surface area (Å²) in [5.74, 6) is 0.0333. The first-order chi connectivity index (χ1) is 38.0. The summed E-state index contributed by atoms with van der Waals surface area (Å²) in [5, 5.41) is 10.5. The topological polar surface area (TPSA) is 8.82 Å². The maximum atomic E-state index is 2.60. The lowest BCUT2D eigenvalue weighted by Crippen LogP contribution is -2.11. The molecule has 2 unspecified atom stereocenters. The van der Waals surface area contributed by atoms with Crippen LogP contribution in [-0.2, 0) is 10.8 Å². The normalized spacial score (nSPS) is 13.4. The summed E-state index contributed by atoms with van der Waals surface area (Å²) in [4.78, 5) is 0. The number of aromatic nitrogens is 2. The highest BCUT2D eigenvalue weighted by Crippen LogP contribution is 2.53. The van der Waals surface area contributed by atoms with Crippen molar-refractivity contribution < 1.29 is 0 Å². The minimum atomic E-state index is 0.0166. The Labute approximate surface area is 456 Å². The molecule has 0 bridgehead atoms. The molecule has 0 aliphatic carbocycles. The predicted octanol–water partition coefficient (Wildman–Crippen LogP) is 20.3. The number of benzene rings is 11. The van der Waals surface area contributed by atoms with Gasteiger partial charge in [0.25, 0.3) is 0 Å². The average Bonchev–Trinajstić information content (AvgIpc) is 3.61. The molecule has 15 aromatic rings. The fourth-order valence-corrected chi connectivity index (χ4v) is 13.5. The Balaban J connectivity index is 0.993. The van der Waals surface area contributed by atoms with Gasteiger partial charge >= 0.3 is 0 Å². The molecule has 2 heteroatoms. The summed E-state index contributed by atoms with van der Waals surface area (Å²) in [7, 11) is 0. The molecule has 0 saturated carbocycles. The third kappa shape index (κ3) is 7.09. The van der Waals surface area contributed by atoms with Crippen LogP contribution in [0.25, 0.3) is 98.4 Å². The van der Waals surface area contributed by atoms with Gasteiger partial charge in [-0.05, 0) is 114 Å². The molecule has 2 atom stereocenters. The Bertz CT molecular complexity index is 4430. The van der Waals surface area contributed by atoms with E-state index in [-0.39, 0.29) is 22.7 Å². The van der Waals surface area contributed by atoms with Crippen molar-refractivity contribution in [2.45, 2.75) is 64.2 Å². The van der Waals surface area contributed by atoms with Crippen molar-refractivity contribution in [3.05, 3.63) is 287 Å². The van der Waals surface area contributed by atoms with Crippen LogP contribution < -0.4 is 0 Å². The van der Waals surface area contributed by atoms with Gasteiger partial charge in [0.2, 0.25) is 0 Å². The van der Waals surface area contributed by atoms with E-state index in [9.17, 15) is 0 Å². The summed E-state index contributed by atoms with van der Waals surface area (Å²) in [5.41, 5.74) is 23.0. The van der Waals surface area contributed by atoms with E-state index in [0.717, 1.165) is 0 Å². The largest absolute Gasteiger partial charge is 0.308 e. The van der Waals surface area contributed by atoms with Gasteiger partial charge in [0, 0.05) is 54.9 Å². The quantitative estimate of drug-likeness (QED) is 0.134. The van der Waals surface area contributed by atoms with Gasteiger partial charge in [-0.25, -0.2) is 0 Å². The molecule has 0 amide bonds. The second kappa shape index (κ2) is 17.3. The Kier molecular flexibility index (Phi) is 10.3. The lowest BCUT2D eigenvalue weighted by Gasteiger charge is -2.23. The van der Waals surface area contributed by atoms with Crippen molar-refractivity contribution in [1.82, 2.24) is 8.80 Å². The molecule has 0 N–H and O–H groups in total. The van der Waals surface area contributed by atoms with Gasteiger partial charge < -0.3 is 8.80 Å². The van der Waals surface area contributed by atoms with Gasteiger partial charge in [-0.2, -0.15) is 0 Å².